The van der Waals surface area contributed by atoms with Gasteiger partial charge in [0.05, 0.1) is 6.42 Å². The summed E-state index contributed by atoms with van der Waals surface area (Å²) in [6.45, 7) is 6.60. The Hall–Kier alpha value is -4.79. The van der Waals surface area contributed by atoms with E-state index in [1.54, 1.807) is 26.8 Å². The highest BCUT2D eigenvalue weighted by Gasteiger charge is 2.37. The smallest absolute Gasteiger partial charge is 0.410 e. The first-order valence-electron chi connectivity index (χ1n) is 19.2. The Balaban J connectivity index is 1.06. The first-order chi connectivity index (χ1) is 26.0. The first-order valence-corrected chi connectivity index (χ1v) is 19.2. The number of piperazine rings is 1. The number of benzene rings is 2. The molecule has 14 nitrogen and oxygen atoms in total. The largest absolute Gasteiger partial charge is 0.508 e. The zero-order valence-electron chi connectivity index (χ0n) is 31.1. The molecule has 5 amide bonds. The van der Waals surface area contributed by atoms with Crippen molar-refractivity contribution in [3.8, 4) is 5.75 Å². The van der Waals surface area contributed by atoms with Crippen LogP contribution in [0, 0.1) is 0 Å². The number of likely N-dealkylation sites (tertiary alicyclic amines) is 2. The van der Waals surface area contributed by atoms with Crippen molar-refractivity contribution in [1.29, 1.82) is 0 Å². The van der Waals surface area contributed by atoms with Gasteiger partial charge in [-0.1, -0.05) is 42.7 Å². The van der Waals surface area contributed by atoms with Crippen LogP contribution in [0.15, 0.2) is 36.4 Å². The number of rotatable bonds is 10. The molecule has 3 N–H and O–H groups in total. The van der Waals surface area contributed by atoms with Crippen LogP contribution in [0.25, 0.3) is 0 Å². The number of ether oxygens (including phenoxy) is 1. The summed E-state index contributed by atoms with van der Waals surface area (Å²) >= 11 is 0. The summed E-state index contributed by atoms with van der Waals surface area (Å²) in [6, 6.07) is 11.3. The van der Waals surface area contributed by atoms with Crippen LogP contribution in [0.4, 0.5) is 15.3 Å². The molecule has 0 aliphatic carbocycles. The van der Waals surface area contributed by atoms with Gasteiger partial charge < -0.3 is 39.9 Å². The molecule has 4 aliphatic heterocycles. The number of phenols is 1. The van der Waals surface area contributed by atoms with Crippen LogP contribution in [-0.2, 0) is 38.4 Å². The van der Waals surface area contributed by atoms with Crippen molar-refractivity contribution in [2.45, 2.75) is 82.9 Å². The number of nitrogens with zero attached hydrogens (tertiary/aromatic N) is 5. The van der Waals surface area contributed by atoms with Crippen LogP contribution in [0.2, 0.25) is 0 Å². The lowest BCUT2D eigenvalue weighted by atomic mass is 9.88. The molecule has 4 heterocycles. The highest BCUT2D eigenvalue weighted by atomic mass is 16.6. The van der Waals surface area contributed by atoms with E-state index in [9.17, 15) is 29.1 Å². The number of urea groups is 1. The second-order valence-corrected chi connectivity index (χ2v) is 14.7. The van der Waals surface area contributed by atoms with Gasteiger partial charge in [-0.15, -0.1) is 0 Å². The molecule has 0 aromatic heterocycles. The minimum atomic E-state index is -1.11. The third kappa shape index (κ3) is 9.29. The van der Waals surface area contributed by atoms with Crippen molar-refractivity contribution in [3.05, 3.63) is 53.1 Å². The number of hydrogen-bond acceptors (Lipinski definition) is 8. The lowest BCUT2D eigenvalue weighted by Gasteiger charge is -2.43. The van der Waals surface area contributed by atoms with Crippen molar-refractivity contribution >= 4 is 48.9 Å². The minimum absolute atomic E-state index is 0.00821. The number of amides is 5. The number of aromatic hydroxyl groups is 1. The summed E-state index contributed by atoms with van der Waals surface area (Å²) in [5, 5.41) is 22.4. The molecule has 3 fully saturated rings. The molecule has 0 saturated carbocycles. The van der Waals surface area contributed by atoms with Crippen molar-refractivity contribution in [3.63, 3.8) is 0 Å². The highest BCUT2D eigenvalue weighted by Crippen LogP contribution is 2.26. The predicted octanol–water partition coefficient (Wildman–Crippen LogP) is 2.35. The van der Waals surface area contributed by atoms with Gasteiger partial charge in [-0.3, -0.25) is 19.3 Å². The van der Waals surface area contributed by atoms with Gasteiger partial charge in [0, 0.05) is 89.5 Å². The summed E-state index contributed by atoms with van der Waals surface area (Å²) < 4.78 is 6.04. The number of para-hydroxylation sites is 1. The molecule has 3 saturated heterocycles. The molecule has 15 heteroatoms. The zero-order valence-corrected chi connectivity index (χ0v) is 31.1. The van der Waals surface area contributed by atoms with Crippen LogP contribution in [0.1, 0.15) is 62.1 Å². The molecule has 0 unspecified atom stereocenters. The van der Waals surface area contributed by atoms with E-state index in [0.717, 1.165) is 30.5 Å². The van der Waals surface area contributed by atoms with E-state index in [0.29, 0.717) is 89.3 Å². The van der Waals surface area contributed by atoms with Crippen LogP contribution >= 0.6 is 0 Å². The molecule has 2 aromatic rings. The van der Waals surface area contributed by atoms with Crippen molar-refractivity contribution < 1.29 is 38.9 Å². The number of carboxylic acids is 1. The number of carbonyl (C=O) groups is 5. The summed E-state index contributed by atoms with van der Waals surface area (Å²) in [7, 11) is 6.12. The van der Waals surface area contributed by atoms with E-state index in [1.165, 1.54) is 0 Å². The maximum Gasteiger partial charge on any atom is 0.410 e. The van der Waals surface area contributed by atoms with Crippen LogP contribution in [0.5, 0.6) is 5.75 Å². The first kappa shape index (κ1) is 38.9. The monoisotopic (exact) mass is 742 g/mol. The number of phenolic OH excluding ortho intramolecular Hbond substituents is 1. The SMILES string of the molecule is [B]c1cc(C[C@@H](OC(=O)N2CCC(N3CCc4ccccc4NC3=O)CC2)C(=O)N2CCN(C3CCN(C(=O)CCC(=O)O)CC3)CC2)cc(CC)c1O. The average molecular weight is 743 g/mol. The van der Waals surface area contributed by atoms with E-state index < -0.39 is 18.2 Å². The fraction of sp³-hybridized carbons (Fsp3) is 0.564. The predicted molar refractivity (Wildman–Crippen MR) is 202 cm³/mol. The van der Waals surface area contributed by atoms with Gasteiger partial charge in [-0.2, -0.15) is 0 Å². The summed E-state index contributed by atoms with van der Waals surface area (Å²) in [5.74, 6) is -1.39. The Morgan fingerprint density at radius 2 is 1.54 bits per heavy atom. The number of nitrogens with one attached hydrogen (secondary N) is 1. The van der Waals surface area contributed by atoms with E-state index in [-0.39, 0.29) is 60.4 Å². The second-order valence-electron chi connectivity index (χ2n) is 14.7. The summed E-state index contributed by atoms with van der Waals surface area (Å²) in [4.78, 5) is 73.6. The lowest BCUT2D eigenvalue weighted by molar-refractivity contribution is -0.143. The normalized spacial score (nSPS) is 19.5. The topological polar surface area (TPSA) is 163 Å². The summed E-state index contributed by atoms with van der Waals surface area (Å²) in [6.07, 6.45) is 2.27. The fourth-order valence-electron chi connectivity index (χ4n) is 8.23. The van der Waals surface area contributed by atoms with Crippen LogP contribution in [0.3, 0.4) is 0 Å². The van der Waals surface area contributed by atoms with E-state index in [2.05, 4.69) is 10.2 Å². The maximum atomic E-state index is 14.2. The van der Waals surface area contributed by atoms with Crippen LogP contribution in [-0.4, -0.2) is 150 Å². The number of piperidine rings is 2. The Bertz CT molecular complexity index is 1700. The molecule has 2 aromatic carbocycles. The molecule has 0 spiro atoms. The van der Waals surface area contributed by atoms with Gasteiger partial charge in [0.25, 0.3) is 5.91 Å². The average Bonchev–Trinajstić information content (AvgIpc) is 3.35. The number of fused-ring (bicyclic) bond motifs is 1. The molecule has 54 heavy (non-hydrogen) atoms. The molecule has 4 aliphatic rings. The Kier molecular flexibility index (Phi) is 12.7. The van der Waals surface area contributed by atoms with E-state index in [4.69, 9.17) is 17.7 Å². The third-order valence-corrected chi connectivity index (χ3v) is 11.4. The Morgan fingerprint density at radius 1 is 0.870 bits per heavy atom. The number of aliphatic carboxylic acids is 1. The van der Waals surface area contributed by atoms with Gasteiger partial charge in [0.15, 0.2) is 6.10 Å². The molecule has 0 bridgehead atoms. The molecular formula is C39H51BN6O8. The van der Waals surface area contributed by atoms with E-state index in [1.807, 2.05) is 36.1 Å². The van der Waals surface area contributed by atoms with E-state index >= 15 is 0 Å². The molecular weight excluding hydrogens is 691 g/mol. The summed E-state index contributed by atoms with van der Waals surface area (Å²) in [5.41, 5.74) is 3.46. The van der Waals surface area contributed by atoms with Gasteiger partial charge in [0.1, 0.15) is 13.6 Å². The molecule has 1 atom stereocenters. The third-order valence-electron chi connectivity index (χ3n) is 11.4. The lowest BCUT2D eigenvalue weighted by Crippen LogP contribution is -2.57. The van der Waals surface area contributed by atoms with Gasteiger partial charge in [-0.05, 0) is 61.3 Å². The van der Waals surface area contributed by atoms with Gasteiger partial charge in [-0.25, -0.2) is 9.59 Å². The number of aryl methyl sites for hydroxylation is 1. The highest BCUT2D eigenvalue weighted by molar-refractivity contribution is 6.34. The fourth-order valence-corrected chi connectivity index (χ4v) is 8.23. The quantitative estimate of drug-likeness (QED) is 0.311. The molecule has 2 radical (unpaired) electrons. The number of carbonyl (C=O) groups excluding carboxylic acids is 4. The number of carboxylic acid groups (broad SMARTS) is 1. The maximum absolute atomic E-state index is 14.2. The number of anilines is 1. The number of hydrogen-bond donors (Lipinski definition) is 3. The zero-order chi connectivity index (χ0) is 38.4. The Morgan fingerprint density at radius 3 is 2.22 bits per heavy atom. The van der Waals surface area contributed by atoms with Gasteiger partial charge in [0.2, 0.25) is 5.91 Å². The standard InChI is InChI=1S/C39H51BN6O8/c1-2-27-23-26(24-31(40)36(27)50)25-33(37(51)44-21-19-42(20-22-44)29-10-14-43(15-11-29)34(47)7-8-35(48)49)54-39(53)45-16-12-30(13-17-45)46-18-9-28-5-3-4-6-32(28)41-38(46)52/h3-6,23-24,29-30,33,50H,2,7-22,25H2,1H3,(H,41,52)(H,48,49)/t33-/m1/s1. The Labute approximate surface area is 317 Å². The van der Waals surface area contributed by atoms with Gasteiger partial charge >= 0.3 is 18.1 Å². The van der Waals surface area contributed by atoms with Crippen molar-refractivity contribution in [2.75, 3.05) is 64.2 Å². The minimum Gasteiger partial charge on any atom is -0.508 e. The second kappa shape index (κ2) is 17.6. The van der Waals surface area contributed by atoms with Crippen molar-refractivity contribution in [2.24, 2.45) is 0 Å². The van der Waals surface area contributed by atoms with Crippen molar-refractivity contribution in [1.82, 2.24) is 24.5 Å². The molecule has 6 rings (SSSR count). The van der Waals surface area contributed by atoms with Crippen LogP contribution < -0.4 is 10.8 Å². The molecule has 288 valence electrons.